The summed E-state index contributed by atoms with van der Waals surface area (Å²) in [6.07, 6.45) is 1.35. The van der Waals surface area contributed by atoms with Crippen LogP contribution in [0.1, 0.15) is 25.7 Å². The van der Waals surface area contributed by atoms with Crippen LogP contribution in [-0.4, -0.2) is 22.6 Å². The molecule has 13 heavy (non-hydrogen) atoms. The van der Waals surface area contributed by atoms with Gasteiger partial charge in [-0.15, -0.1) is 0 Å². The fraction of sp³-hybridized carbons (Fsp3) is 0.714. The van der Waals surface area contributed by atoms with Gasteiger partial charge in [-0.05, 0) is 19.3 Å². The van der Waals surface area contributed by atoms with E-state index in [1.807, 2.05) is 0 Å². The number of rotatable bonds is 6. The molecule has 0 aromatic heterocycles. The first-order chi connectivity index (χ1) is 5.86. The predicted molar refractivity (Wildman–Crippen MR) is 46.4 cm³/mol. The second-order valence-corrected chi connectivity index (χ2v) is 3.02. The van der Waals surface area contributed by atoms with Gasteiger partial charge in [0.2, 0.25) is 5.91 Å². The summed E-state index contributed by atoms with van der Waals surface area (Å²) in [5.41, 5.74) is 13.7. The van der Waals surface area contributed by atoms with Gasteiger partial charge in [0.1, 0.15) is 0 Å². The molecule has 0 radical (unpaired) electrons. The van der Waals surface area contributed by atoms with Crippen molar-refractivity contribution >= 4 is 11.9 Å². The molecular formula is C7H15N3O3. The highest BCUT2D eigenvalue weighted by atomic mass is 16.4. The summed E-state index contributed by atoms with van der Waals surface area (Å²) in [5, 5.41) is 8.51. The standard InChI is InChI=1S/C7H15N3O3/c8-5(11)3-1-2-4-7(9,10)6(12)13/h1-4,9-10H2,(H2,8,11)(H,12,13). The van der Waals surface area contributed by atoms with Crippen molar-refractivity contribution in [3.8, 4) is 0 Å². The van der Waals surface area contributed by atoms with Crippen LogP contribution in [0.4, 0.5) is 0 Å². The van der Waals surface area contributed by atoms with Crippen molar-refractivity contribution in [3.63, 3.8) is 0 Å². The van der Waals surface area contributed by atoms with Gasteiger partial charge in [-0.25, -0.2) is 4.79 Å². The molecule has 6 heteroatoms. The molecule has 0 bridgehead atoms. The van der Waals surface area contributed by atoms with Gasteiger partial charge in [-0.2, -0.15) is 0 Å². The number of carboxylic acids is 1. The number of hydrogen-bond acceptors (Lipinski definition) is 4. The molecule has 1 amide bonds. The number of unbranched alkanes of at least 4 members (excludes halogenated alkanes) is 1. The van der Waals surface area contributed by atoms with E-state index in [0.717, 1.165) is 0 Å². The third-order valence-corrected chi connectivity index (χ3v) is 1.66. The Balaban J connectivity index is 3.64. The molecule has 0 unspecified atom stereocenters. The van der Waals surface area contributed by atoms with Crippen LogP contribution in [0, 0.1) is 0 Å². The highest BCUT2D eigenvalue weighted by molar-refractivity contribution is 5.77. The Morgan fingerprint density at radius 2 is 1.77 bits per heavy atom. The Morgan fingerprint density at radius 1 is 1.23 bits per heavy atom. The SMILES string of the molecule is NC(=O)CCCCC(N)(N)C(=O)O. The van der Waals surface area contributed by atoms with Gasteiger partial charge >= 0.3 is 5.97 Å². The van der Waals surface area contributed by atoms with Crippen LogP contribution in [0.5, 0.6) is 0 Å². The molecule has 0 saturated heterocycles. The quantitative estimate of drug-likeness (QED) is 0.305. The maximum absolute atomic E-state index is 10.4. The minimum atomic E-state index is -1.70. The second-order valence-electron chi connectivity index (χ2n) is 3.02. The molecule has 0 aliphatic heterocycles. The van der Waals surface area contributed by atoms with Gasteiger partial charge in [0.15, 0.2) is 5.66 Å². The van der Waals surface area contributed by atoms with E-state index in [2.05, 4.69) is 0 Å². The van der Waals surface area contributed by atoms with Gasteiger partial charge in [-0.3, -0.25) is 4.79 Å². The van der Waals surface area contributed by atoms with Crippen molar-refractivity contribution in [2.24, 2.45) is 17.2 Å². The predicted octanol–water partition coefficient (Wildman–Crippen LogP) is -1.27. The molecule has 0 aliphatic rings. The highest BCUT2D eigenvalue weighted by Gasteiger charge is 2.27. The molecule has 0 aromatic rings. The summed E-state index contributed by atoms with van der Waals surface area (Å²) in [7, 11) is 0. The maximum Gasteiger partial charge on any atom is 0.338 e. The lowest BCUT2D eigenvalue weighted by atomic mass is 10.0. The molecule has 7 N–H and O–H groups in total. The van der Waals surface area contributed by atoms with Crippen LogP contribution in [0.15, 0.2) is 0 Å². The monoisotopic (exact) mass is 189 g/mol. The third-order valence-electron chi connectivity index (χ3n) is 1.66. The fourth-order valence-electron chi connectivity index (χ4n) is 0.824. The normalized spacial score (nSPS) is 11.2. The number of carbonyl (C=O) groups is 2. The van der Waals surface area contributed by atoms with Crippen LogP contribution in [0.25, 0.3) is 0 Å². The highest BCUT2D eigenvalue weighted by Crippen LogP contribution is 2.07. The van der Waals surface area contributed by atoms with Gasteiger partial charge in [-0.1, -0.05) is 0 Å². The first-order valence-electron chi connectivity index (χ1n) is 3.95. The Kier molecular flexibility index (Phi) is 4.36. The molecule has 0 rings (SSSR count). The Hall–Kier alpha value is -1.14. The number of aliphatic carboxylic acids is 1. The van der Waals surface area contributed by atoms with Crippen molar-refractivity contribution in [1.82, 2.24) is 0 Å². The van der Waals surface area contributed by atoms with E-state index in [9.17, 15) is 9.59 Å². The molecular weight excluding hydrogens is 174 g/mol. The molecule has 0 saturated carbocycles. The third kappa shape index (κ3) is 5.15. The number of carboxylic acid groups (broad SMARTS) is 1. The number of amides is 1. The van der Waals surface area contributed by atoms with Crippen LogP contribution in [-0.2, 0) is 9.59 Å². The Bertz CT molecular complexity index is 203. The smallest absolute Gasteiger partial charge is 0.338 e. The van der Waals surface area contributed by atoms with Crippen LogP contribution < -0.4 is 17.2 Å². The van der Waals surface area contributed by atoms with E-state index in [1.165, 1.54) is 0 Å². The van der Waals surface area contributed by atoms with Crippen LogP contribution in [0.3, 0.4) is 0 Å². The van der Waals surface area contributed by atoms with Crippen LogP contribution >= 0.6 is 0 Å². The number of primary amides is 1. The van der Waals surface area contributed by atoms with Gasteiger partial charge in [0, 0.05) is 6.42 Å². The lowest BCUT2D eigenvalue weighted by Crippen LogP contribution is -2.56. The van der Waals surface area contributed by atoms with Gasteiger partial charge < -0.3 is 22.3 Å². The van der Waals surface area contributed by atoms with E-state index < -0.39 is 17.5 Å². The molecule has 0 atom stereocenters. The van der Waals surface area contributed by atoms with Crippen molar-refractivity contribution < 1.29 is 14.7 Å². The Labute approximate surface area is 76.1 Å². The summed E-state index contributed by atoms with van der Waals surface area (Å²) >= 11 is 0. The summed E-state index contributed by atoms with van der Waals surface area (Å²) < 4.78 is 0. The lowest BCUT2D eigenvalue weighted by molar-refractivity contribution is -0.143. The zero-order chi connectivity index (χ0) is 10.5. The summed E-state index contributed by atoms with van der Waals surface area (Å²) in [6, 6.07) is 0. The molecule has 76 valence electrons. The van der Waals surface area contributed by atoms with E-state index in [-0.39, 0.29) is 12.8 Å². The minimum Gasteiger partial charge on any atom is -0.479 e. The zero-order valence-electron chi connectivity index (χ0n) is 7.32. The van der Waals surface area contributed by atoms with E-state index in [1.54, 1.807) is 0 Å². The minimum absolute atomic E-state index is 0.135. The average Bonchev–Trinajstić information content (AvgIpc) is 1.97. The largest absolute Gasteiger partial charge is 0.479 e. The van der Waals surface area contributed by atoms with Crippen LogP contribution in [0.2, 0.25) is 0 Å². The molecule has 6 nitrogen and oxygen atoms in total. The fourth-order valence-corrected chi connectivity index (χ4v) is 0.824. The molecule has 0 fully saturated rings. The average molecular weight is 189 g/mol. The maximum atomic E-state index is 10.4. The van der Waals surface area contributed by atoms with Crippen molar-refractivity contribution in [3.05, 3.63) is 0 Å². The van der Waals surface area contributed by atoms with Crippen molar-refractivity contribution in [2.45, 2.75) is 31.3 Å². The molecule has 0 aliphatic carbocycles. The van der Waals surface area contributed by atoms with E-state index in [0.29, 0.717) is 12.8 Å². The topological polar surface area (TPSA) is 132 Å². The second kappa shape index (κ2) is 4.78. The van der Waals surface area contributed by atoms with Crippen molar-refractivity contribution in [2.75, 3.05) is 0 Å². The molecule has 0 heterocycles. The molecule has 0 spiro atoms. The van der Waals surface area contributed by atoms with E-state index in [4.69, 9.17) is 22.3 Å². The lowest BCUT2D eigenvalue weighted by Gasteiger charge is -2.18. The van der Waals surface area contributed by atoms with Crippen molar-refractivity contribution in [1.29, 1.82) is 0 Å². The number of carbonyl (C=O) groups excluding carboxylic acids is 1. The van der Waals surface area contributed by atoms with Gasteiger partial charge in [0.05, 0.1) is 0 Å². The summed E-state index contributed by atoms with van der Waals surface area (Å²) in [6.45, 7) is 0. The molecule has 0 aromatic carbocycles. The summed E-state index contributed by atoms with van der Waals surface area (Å²) in [5.74, 6) is -1.65. The first-order valence-corrected chi connectivity index (χ1v) is 3.95. The van der Waals surface area contributed by atoms with E-state index >= 15 is 0 Å². The summed E-state index contributed by atoms with van der Waals surface area (Å²) in [4.78, 5) is 20.7. The number of hydrogen-bond donors (Lipinski definition) is 4. The van der Waals surface area contributed by atoms with Gasteiger partial charge in [0.25, 0.3) is 0 Å². The zero-order valence-corrected chi connectivity index (χ0v) is 7.32. The number of nitrogens with two attached hydrogens (primary N) is 3. The Morgan fingerprint density at radius 3 is 2.15 bits per heavy atom. The first kappa shape index (κ1) is 11.9.